The SMILES string of the molecule is CCOC(=O)C(Cc1ccccc1)n1cccc1. The molecule has 1 heterocycles. The van der Waals surface area contributed by atoms with Gasteiger partial charge < -0.3 is 9.30 Å². The van der Waals surface area contributed by atoms with Crippen molar-refractivity contribution in [1.82, 2.24) is 4.57 Å². The second kappa shape index (κ2) is 6.05. The van der Waals surface area contributed by atoms with Crippen molar-refractivity contribution >= 4 is 5.97 Å². The van der Waals surface area contributed by atoms with E-state index >= 15 is 0 Å². The highest BCUT2D eigenvalue weighted by molar-refractivity contribution is 5.74. The van der Waals surface area contributed by atoms with Crippen LogP contribution in [0.4, 0.5) is 0 Å². The van der Waals surface area contributed by atoms with E-state index in [0.717, 1.165) is 5.56 Å². The first-order valence-electron chi connectivity index (χ1n) is 6.14. The topological polar surface area (TPSA) is 31.2 Å². The zero-order valence-corrected chi connectivity index (χ0v) is 10.5. The number of nitrogens with zero attached hydrogens (tertiary/aromatic N) is 1. The average molecular weight is 243 g/mol. The van der Waals surface area contributed by atoms with Gasteiger partial charge in [-0.3, -0.25) is 0 Å². The predicted octanol–water partition coefficient (Wildman–Crippen LogP) is 2.84. The molecule has 1 aromatic carbocycles. The minimum atomic E-state index is -0.289. The summed E-state index contributed by atoms with van der Waals surface area (Å²) in [5.41, 5.74) is 1.13. The monoisotopic (exact) mass is 243 g/mol. The molecule has 0 saturated carbocycles. The van der Waals surface area contributed by atoms with Crippen LogP contribution in [0.3, 0.4) is 0 Å². The lowest BCUT2D eigenvalue weighted by Gasteiger charge is -2.17. The van der Waals surface area contributed by atoms with E-state index in [1.165, 1.54) is 0 Å². The summed E-state index contributed by atoms with van der Waals surface area (Å²) in [5.74, 6) is -0.183. The number of carbonyl (C=O) groups excluding carboxylic acids is 1. The molecule has 18 heavy (non-hydrogen) atoms. The normalized spacial score (nSPS) is 12.1. The van der Waals surface area contributed by atoms with Crippen molar-refractivity contribution in [2.45, 2.75) is 19.4 Å². The van der Waals surface area contributed by atoms with E-state index in [2.05, 4.69) is 0 Å². The van der Waals surface area contributed by atoms with Crippen LogP contribution >= 0.6 is 0 Å². The van der Waals surface area contributed by atoms with Crippen molar-refractivity contribution in [3.63, 3.8) is 0 Å². The Morgan fingerprint density at radius 1 is 1.17 bits per heavy atom. The van der Waals surface area contributed by atoms with E-state index in [4.69, 9.17) is 4.74 Å². The highest BCUT2D eigenvalue weighted by Crippen LogP contribution is 2.16. The maximum atomic E-state index is 12.0. The molecule has 0 radical (unpaired) electrons. The van der Waals surface area contributed by atoms with Gasteiger partial charge in [-0.15, -0.1) is 0 Å². The zero-order valence-electron chi connectivity index (χ0n) is 10.5. The number of benzene rings is 1. The van der Waals surface area contributed by atoms with Crippen LogP contribution < -0.4 is 0 Å². The number of aromatic nitrogens is 1. The Bertz CT molecular complexity index is 476. The summed E-state index contributed by atoms with van der Waals surface area (Å²) in [7, 11) is 0. The van der Waals surface area contributed by atoms with Crippen LogP contribution in [0.5, 0.6) is 0 Å². The molecule has 0 spiro atoms. The van der Waals surface area contributed by atoms with E-state index in [1.54, 1.807) is 0 Å². The van der Waals surface area contributed by atoms with E-state index in [1.807, 2.05) is 66.3 Å². The number of carbonyl (C=O) groups is 1. The van der Waals surface area contributed by atoms with Gasteiger partial charge in [0.1, 0.15) is 6.04 Å². The molecule has 0 saturated heterocycles. The van der Waals surface area contributed by atoms with Crippen LogP contribution in [0.25, 0.3) is 0 Å². The lowest BCUT2D eigenvalue weighted by atomic mass is 10.1. The predicted molar refractivity (Wildman–Crippen MR) is 70.2 cm³/mol. The first-order chi connectivity index (χ1) is 8.81. The van der Waals surface area contributed by atoms with E-state index in [9.17, 15) is 4.79 Å². The molecule has 0 aliphatic rings. The van der Waals surface area contributed by atoms with Gasteiger partial charge in [0.25, 0.3) is 0 Å². The quantitative estimate of drug-likeness (QED) is 0.756. The molecule has 0 aliphatic carbocycles. The van der Waals surface area contributed by atoms with Crippen LogP contribution in [0.2, 0.25) is 0 Å². The maximum absolute atomic E-state index is 12.0. The maximum Gasteiger partial charge on any atom is 0.329 e. The third-order valence-corrected chi connectivity index (χ3v) is 2.82. The van der Waals surface area contributed by atoms with Gasteiger partial charge in [0.2, 0.25) is 0 Å². The molecule has 3 heteroatoms. The smallest absolute Gasteiger partial charge is 0.329 e. The number of esters is 1. The van der Waals surface area contributed by atoms with Gasteiger partial charge in [-0.25, -0.2) is 4.79 Å². The molecule has 2 aromatic rings. The highest BCUT2D eigenvalue weighted by Gasteiger charge is 2.21. The molecule has 2 rings (SSSR count). The van der Waals surface area contributed by atoms with Gasteiger partial charge in [-0.05, 0) is 24.6 Å². The molecule has 0 amide bonds. The van der Waals surface area contributed by atoms with Crippen molar-refractivity contribution in [2.24, 2.45) is 0 Å². The van der Waals surface area contributed by atoms with E-state index in [-0.39, 0.29) is 12.0 Å². The minimum Gasteiger partial charge on any atom is -0.464 e. The van der Waals surface area contributed by atoms with E-state index in [0.29, 0.717) is 13.0 Å². The summed E-state index contributed by atoms with van der Waals surface area (Å²) in [6, 6.07) is 13.5. The first-order valence-corrected chi connectivity index (χ1v) is 6.14. The third kappa shape index (κ3) is 3.00. The van der Waals surface area contributed by atoms with Crippen LogP contribution in [0.1, 0.15) is 18.5 Å². The number of hydrogen-bond donors (Lipinski definition) is 0. The van der Waals surface area contributed by atoms with Gasteiger partial charge in [0.05, 0.1) is 6.61 Å². The summed E-state index contributed by atoms with van der Waals surface area (Å²) in [6.07, 6.45) is 4.43. The summed E-state index contributed by atoms with van der Waals surface area (Å²) < 4.78 is 7.03. The molecule has 1 aromatic heterocycles. The summed E-state index contributed by atoms with van der Waals surface area (Å²) >= 11 is 0. The lowest BCUT2D eigenvalue weighted by molar-refractivity contribution is -0.147. The molecule has 1 atom stereocenters. The fourth-order valence-electron chi connectivity index (χ4n) is 1.94. The summed E-state index contributed by atoms with van der Waals surface area (Å²) in [6.45, 7) is 2.23. The van der Waals surface area contributed by atoms with Gasteiger partial charge >= 0.3 is 5.97 Å². The standard InChI is InChI=1S/C15H17NO2/c1-2-18-15(17)14(16-10-6-7-11-16)12-13-8-4-3-5-9-13/h3-11,14H,2,12H2,1H3. The van der Waals surface area contributed by atoms with Crippen molar-refractivity contribution < 1.29 is 9.53 Å². The van der Waals surface area contributed by atoms with Gasteiger partial charge in [0.15, 0.2) is 0 Å². The Labute approximate surface area is 107 Å². The largest absolute Gasteiger partial charge is 0.464 e. The number of ether oxygens (including phenoxy) is 1. The van der Waals surface area contributed by atoms with E-state index < -0.39 is 0 Å². The molecular formula is C15H17NO2. The Morgan fingerprint density at radius 3 is 2.44 bits per heavy atom. The lowest BCUT2D eigenvalue weighted by Crippen LogP contribution is -2.23. The molecule has 0 fully saturated rings. The van der Waals surface area contributed by atoms with Crippen molar-refractivity contribution in [3.05, 3.63) is 60.4 Å². The highest BCUT2D eigenvalue weighted by atomic mass is 16.5. The molecule has 0 bridgehead atoms. The van der Waals surface area contributed by atoms with Gasteiger partial charge in [-0.1, -0.05) is 30.3 Å². The Morgan fingerprint density at radius 2 is 1.83 bits per heavy atom. The van der Waals surface area contributed by atoms with Crippen LogP contribution in [0.15, 0.2) is 54.9 Å². The molecule has 94 valence electrons. The fraction of sp³-hybridized carbons (Fsp3) is 0.267. The first kappa shape index (κ1) is 12.4. The number of rotatable bonds is 5. The van der Waals surface area contributed by atoms with Crippen molar-refractivity contribution in [2.75, 3.05) is 6.61 Å². The average Bonchev–Trinajstić information content (AvgIpc) is 2.91. The van der Waals surface area contributed by atoms with Crippen molar-refractivity contribution in [3.8, 4) is 0 Å². The number of hydrogen-bond acceptors (Lipinski definition) is 2. The van der Waals surface area contributed by atoms with Crippen LogP contribution in [-0.4, -0.2) is 17.1 Å². The van der Waals surface area contributed by atoms with Gasteiger partial charge in [0, 0.05) is 18.8 Å². The molecular weight excluding hydrogens is 226 g/mol. The molecule has 1 unspecified atom stereocenters. The Balaban J connectivity index is 2.18. The summed E-state index contributed by atoms with van der Waals surface area (Å²) in [5, 5.41) is 0. The minimum absolute atomic E-state index is 0.183. The Kier molecular flexibility index (Phi) is 4.18. The zero-order chi connectivity index (χ0) is 12.8. The molecule has 3 nitrogen and oxygen atoms in total. The molecule has 0 aliphatic heterocycles. The van der Waals surface area contributed by atoms with Crippen LogP contribution in [0, 0.1) is 0 Å². The second-order valence-electron chi connectivity index (χ2n) is 4.09. The third-order valence-electron chi connectivity index (χ3n) is 2.82. The second-order valence-corrected chi connectivity index (χ2v) is 4.09. The van der Waals surface area contributed by atoms with Crippen molar-refractivity contribution in [1.29, 1.82) is 0 Å². The van der Waals surface area contributed by atoms with Crippen LogP contribution in [-0.2, 0) is 16.0 Å². The molecule has 0 N–H and O–H groups in total. The Hall–Kier alpha value is -2.03. The summed E-state index contributed by atoms with van der Waals surface area (Å²) in [4.78, 5) is 12.0. The fourth-order valence-corrected chi connectivity index (χ4v) is 1.94. The van der Waals surface area contributed by atoms with Gasteiger partial charge in [-0.2, -0.15) is 0 Å².